The fraction of sp³-hybridized carbons (Fsp3) is 1.00. The Labute approximate surface area is 159 Å². The maximum absolute atomic E-state index is 12.4. The normalized spacial score (nSPS) is 16.7. The van der Waals surface area contributed by atoms with Gasteiger partial charge in [0.15, 0.2) is 16.6 Å². The molecule has 0 fully saturated rings. The van der Waals surface area contributed by atoms with Crippen LogP contribution in [0, 0.1) is 4.78 Å². The van der Waals surface area contributed by atoms with Gasteiger partial charge in [-0.05, 0) is 55.5 Å². The van der Waals surface area contributed by atoms with Gasteiger partial charge in [-0.25, -0.2) is 4.21 Å². The van der Waals surface area contributed by atoms with Gasteiger partial charge >= 0.3 is 0 Å². The van der Waals surface area contributed by atoms with Gasteiger partial charge in [-0.3, -0.25) is 4.78 Å². The van der Waals surface area contributed by atoms with Gasteiger partial charge in [0.1, 0.15) is 0 Å². The molecule has 0 spiro atoms. The summed E-state index contributed by atoms with van der Waals surface area (Å²) in [7, 11) is -6.42. The second-order valence-electron chi connectivity index (χ2n) is 10.1. The molecule has 0 aliphatic carbocycles. The predicted octanol–water partition coefficient (Wildman–Crippen LogP) is 5.59. The Kier molecular flexibility index (Phi) is 9.11. The summed E-state index contributed by atoms with van der Waals surface area (Å²) in [5.74, 6) is 0.905. The molecule has 0 aliphatic rings. The first kappa shape index (κ1) is 25.3. The van der Waals surface area contributed by atoms with Crippen LogP contribution in [-0.2, 0) is 14.2 Å². The van der Waals surface area contributed by atoms with Gasteiger partial charge in [0.2, 0.25) is 0 Å². The van der Waals surface area contributed by atoms with Crippen LogP contribution in [0.4, 0.5) is 0 Å². The maximum Gasteiger partial charge on any atom is 0.191 e. The zero-order valence-corrected chi connectivity index (χ0v) is 20.9. The monoisotopic (exact) mass is 409 g/mol. The van der Waals surface area contributed by atoms with E-state index >= 15 is 0 Å². The molecule has 0 amide bonds. The summed E-state index contributed by atoms with van der Waals surface area (Å²) >= 11 is 0. The van der Waals surface area contributed by atoms with Crippen LogP contribution in [0.2, 0.25) is 36.3 Å². The van der Waals surface area contributed by atoms with Crippen LogP contribution in [-0.4, -0.2) is 43.8 Å². The average Bonchev–Trinajstić information content (AvgIpc) is 2.37. The fourth-order valence-electron chi connectivity index (χ4n) is 2.15. The van der Waals surface area contributed by atoms with Crippen molar-refractivity contribution >= 4 is 26.4 Å². The number of unbranched alkanes of at least 4 members (excludes halogenated alkanes) is 1. The van der Waals surface area contributed by atoms with E-state index in [1.54, 1.807) is 0 Å². The van der Waals surface area contributed by atoms with Crippen molar-refractivity contribution in [3.8, 4) is 0 Å². The smallest absolute Gasteiger partial charge is 0.191 e. The van der Waals surface area contributed by atoms with Gasteiger partial charge < -0.3 is 9.22 Å². The Balaban J connectivity index is 4.16. The van der Waals surface area contributed by atoms with Gasteiger partial charge in [-0.2, -0.15) is 0 Å². The minimum Gasteiger partial charge on any atom is -0.432 e. The van der Waals surface area contributed by atoms with Gasteiger partial charge in [-0.1, -0.05) is 41.0 Å². The third-order valence-corrected chi connectivity index (χ3v) is 16.1. The summed E-state index contributed by atoms with van der Waals surface area (Å²) in [6.45, 7) is 19.9. The second-order valence-corrected chi connectivity index (χ2v) is 21.8. The molecule has 0 aromatic rings. The van der Waals surface area contributed by atoms with Gasteiger partial charge in [-0.15, -0.1) is 0 Å². The minimum absolute atomic E-state index is 0.0348. The molecule has 0 aliphatic heterocycles. The zero-order chi connectivity index (χ0) is 20.2. The average molecular weight is 410 g/mol. The van der Waals surface area contributed by atoms with Crippen molar-refractivity contribution in [3.63, 3.8) is 0 Å². The van der Waals surface area contributed by atoms with E-state index in [0.717, 1.165) is 19.3 Å². The highest BCUT2D eigenvalue weighted by molar-refractivity contribution is 7.92. The molecule has 0 saturated carbocycles. The Morgan fingerprint density at radius 1 is 0.960 bits per heavy atom. The predicted molar refractivity (Wildman–Crippen MR) is 116 cm³/mol. The Bertz CT molecular complexity index is 463. The summed E-state index contributed by atoms with van der Waals surface area (Å²) in [5.41, 5.74) is 0. The lowest BCUT2D eigenvalue weighted by atomic mass is 10.1. The van der Waals surface area contributed by atoms with E-state index in [0.29, 0.717) is 24.5 Å². The summed E-state index contributed by atoms with van der Waals surface area (Å²) < 4.78 is 26.6. The Morgan fingerprint density at radius 3 is 1.88 bits per heavy atom. The van der Waals surface area contributed by atoms with Crippen LogP contribution in [0.1, 0.15) is 60.3 Å². The van der Waals surface area contributed by atoms with E-state index in [2.05, 4.69) is 47.7 Å². The van der Waals surface area contributed by atoms with Crippen molar-refractivity contribution in [1.29, 1.82) is 4.78 Å². The molecule has 0 radical (unpaired) electrons. The zero-order valence-electron chi connectivity index (χ0n) is 18.1. The van der Waals surface area contributed by atoms with Crippen molar-refractivity contribution in [2.75, 3.05) is 18.1 Å². The van der Waals surface area contributed by atoms with Crippen LogP contribution in [0.25, 0.3) is 0 Å². The first-order valence-electron chi connectivity index (χ1n) is 9.52. The van der Waals surface area contributed by atoms with E-state index in [4.69, 9.17) is 9.21 Å². The first-order valence-corrected chi connectivity index (χ1v) is 17.3. The Hall–Kier alpha value is 0.304. The number of rotatable bonds is 11. The molecule has 2 N–H and O–H groups in total. The quantitative estimate of drug-likeness (QED) is 0.345. The lowest BCUT2D eigenvalue weighted by Gasteiger charge is -2.36. The van der Waals surface area contributed by atoms with Gasteiger partial charge in [0.25, 0.3) is 0 Å². The standard InChI is InChI=1S/C18H43NO3SSi2/c1-17(2,3)25(8,9)22-14-12-16-23(19,20)15-11-10-13-18(4,5)24(6,7)21/h19,21H,10-16H2,1-9H3. The second kappa shape index (κ2) is 9.00. The van der Waals surface area contributed by atoms with E-state index in [1.807, 2.05) is 13.1 Å². The molecule has 0 aromatic heterocycles. The fourth-order valence-corrected chi connectivity index (χ4v) is 5.48. The number of hydrogen-bond donors (Lipinski definition) is 2. The first-order chi connectivity index (χ1) is 10.9. The molecule has 0 heterocycles. The van der Waals surface area contributed by atoms with Crippen molar-refractivity contribution in [2.24, 2.45) is 0 Å². The minimum atomic E-state index is -2.50. The molecule has 7 heteroatoms. The van der Waals surface area contributed by atoms with Crippen LogP contribution in [0.3, 0.4) is 0 Å². The summed E-state index contributed by atoms with van der Waals surface area (Å²) in [4.78, 5) is 10.3. The van der Waals surface area contributed by atoms with E-state index in [1.165, 1.54) is 0 Å². The lowest BCUT2D eigenvalue weighted by molar-refractivity contribution is 0.288. The van der Waals surface area contributed by atoms with E-state index in [9.17, 15) is 9.00 Å². The Morgan fingerprint density at radius 2 is 1.44 bits per heavy atom. The summed E-state index contributed by atoms with van der Waals surface area (Å²) in [6, 6.07) is 0. The van der Waals surface area contributed by atoms with E-state index < -0.39 is 26.4 Å². The molecule has 25 heavy (non-hydrogen) atoms. The topological polar surface area (TPSA) is 70.4 Å². The molecular weight excluding hydrogens is 366 g/mol. The summed E-state index contributed by atoms with van der Waals surface area (Å²) in [5, 5.41) is 0.152. The van der Waals surface area contributed by atoms with Crippen LogP contribution in [0.15, 0.2) is 0 Å². The third-order valence-electron chi connectivity index (χ3n) is 6.07. The molecule has 1 atom stereocenters. The third kappa shape index (κ3) is 9.17. The van der Waals surface area contributed by atoms with Crippen LogP contribution < -0.4 is 0 Å². The highest BCUT2D eigenvalue weighted by Crippen LogP contribution is 2.40. The van der Waals surface area contributed by atoms with Crippen molar-refractivity contribution < 1.29 is 13.4 Å². The maximum atomic E-state index is 12.4. The molecule has 152 valence electrons. The van der Waals surface area contributed by atoms with Gasteiger partial charge in [0, 0.05) is 27.8 Å². The molecule has 0 saturated heterocycles. The molecule has 0 bridgehead atoms. The van der Waals surface area contributed by atoms with Crippen molar-refractivity contribution in [1.82, 2.24) is 0 Å². The van der Waals surface area contributed by atoms with E-state index in [-0.39, 0.29) is 10.1 Å². The summed E-state index contributed by atoms with van der Waals surface area (Å²) in [6.07, 6.45) is 3.38. The largest absolute Gasteiger partial charge is 0.432 e. The van der Waals surface area contributed by atoms with Crippen LogP contribution in [0.5, 0.6) is 0 Å². The highest BCUT2D eigenvalue weighted by Gasteiger charge is 2.37. The van der Waals surface area contributed by atoms with Gasteiger partial charge in [0.05, 0.1) is 0 Å². The van der Waals surface area contributed by atoms with Crippen LogP contribution >= 0.6 is 0 Å². The number of hydrogen-bond acceptors (Lipinski definition) is 4. The number of nitrogens with one attached hydrogen (secondary N) is 1. The van der Waals surface area contributed by atoms with Crippen molar-refractivity contribution in [2.45, 2.75) is 96.6 Å². The molecule has 0 rings (SSSR count). The lowest BCUT2D eigenvalue weighted by Crippen LogP contribution is -2.41. The highest BCUT2D eigenvalue weighted by atomic mass is 32.2. The van der Waals surface area contributed by atoms with Crippen molar-refractivity contribution in [3.05, 3.63) is 0 Å². The molecular formula is C18H43NO3SSi2. The molecule has 0 aromatic carbocycles. The molecule has 4 nitrogen and oxygen atoms in total. The SMILES string of the molecule is CC(C)(CCCCS(=N)(=O)CCCO[Si](C)(C)C(C)(C)C)[Si](C)(C)O. The molecule has 1 unspecified atom stereocenters.